The molecule has 1 aromatic carbocycles. The van der Waals surface area contributed by atoms with Crippen LogP contribution in [0.25, 0.3) is 11.5 Å². The van der Waals surface area contributed by atoms with Crippen molar-refractivity contribution < 1.29 is 12.8 Å². The number of nitrogens with zero attached hydrogens (tertiary/aromatic N) is 3. The number of benzene rings is 1. The Hall–Kier alpha value is -1.69. The van der Waals surface area contributed by atoms with Crippen LogP contribution in [-0.4, -0.2) is 47.6 Å². The van der Waals surface area contributed by atoms with Gasteiger partial charge in [0.25, 0.3) is 0 Å². The lowest BCUT2D eigenvalue weighted by Crippen LogP contribution is -2.36. The normalized spacial score (nSPS) is 19.5. The van der Waals surface area contributed by atoms with E-state index in [1.54, 1.807) is 0 Å². The molecule has 0 spiro atoms. The van der Waals surface area contributed by atoms with Gasteiger partial charge in [0.1, 0.15) is 0 Å². The third-order valence-electron chi connectivity index (χ3n) is 3.90. The molecule has 0 radical (unpaired) electrons. The van der Waals surface area contributed by atoms with E-state index in [0.29, 0.717) is 31.3 Å². The molecule has 2 heterocycles. The molecule has 0 bridgehead atoms. The second-order valence-corrected chi connectivity index (χ2v) is 8.82. The Labute approximate surface area is 149 Å². The van der Waals surface area contributed by atoms with Crippen LogP contribution >= 0.6 is 15.9 Å². The minimum atomic E-state index is -2.98. The van der Waals surface area contributed by atoms with Crippen LogP contribution in [0.1, 0.15) is 12.3 Å². The molecule has 3 rings (SSSR count). The molecule has 24 heavy (non-hydrogen) atoms. The largest absolute Gasteiger partial charge is 0.419 e. The number of hydrogen-bond donors (Lipinski definition) is 0. The molecular weight excluding hydrogens is 394 g/mol. The number of terminal acetylenes is 1. The Morgan fingerprint density at radius 2 is 2.25 bits per heavy atom. The Balaban J connectivity index is 1.75. The maximum atomic E-state index is 11.7. The van der Waals surface area contributed by atoms with Crippen LogP contribution in [0.15, 0.2) is 33.2 Å². The first-order chi connectivity index (χ1) is 11.5. The summed E-state index contributed by atoms with van der Waals surface area (Å²) in [4.78, 5) is 1.91. The van der Waals surface area contributed by atoms with Crippen LogP contribution in [0.4, 0.5) is 0 Å². The van der Waals surface area contributed by atoms with Crippen molar-refractivity contribution in [3.63, 3.8) is 0 Å². The smallest absolute Gasteiger partial charge is 0.247 e. The first-order valence-electron chi connectivity index (χ1n) is 7.43. The molecule has 8 heteroatoms. The molecule has 1 atom stereocenters. The summed E-state index contributed by atoms with van der Waals surface area (Å²) in [6.07, 6.45) is 6.00. The Kier molecular flexibility index (Phi) is 5.04. The average Bonchev–Trinajstić information content (AvgIpc) is 3.13. The van der Waals surface area contributed by atoms with E-state index in [-0.39, 0.29) is 17.5 Å². The van der Waals surface area contributed by atoms with E-state index in [1.165, 1.54) is 0 Å². The maximum Gasteiger partial charge on any atom is 0.247 e. The van der Waals surface area contributed by atoms with Gasteiger partial charge in [-0.15, -0.1) is 16.6 Å². The minimum absolute atomic E-state index is 0.104. The SMILES string of the molecule is C#CCN(Cc1nnc(-c2cccc(Br)c2)o1)C1CCS(=O)(=O)C1. The average molecular weight is 410 g/mol. The molecule has 1 aromatic heterocycles. The molecule has 0 saturated carbocycles. The van der Waals surface area contributed by atoms with Gasteiger partial charge < -0.3 is 4.42 Å². The zero-order valence-corrected chi connectivity index (χ0v) is 15.3. The maximum absolute atomic E-state index is 11.7. The summed E-state index contributed by atoms with van der Waals surface area (Å²) in [7, 11) is -2.98. The van der Waals surface area contributed by atoms with Gasteiger partial charge in [-0.05, 0) is 24.6 Å². The predicted octanol–water partition coefficient (Wildman–Crippen LogP) is 2.12. The molecule has 2 aromatic rings. The number of rotatable bonds is 5. The lowest BCUT2D eigenvalue weighted by Gasteiger charge is -2.23. The summed E-state index contributed by atoms with van der Waals surface area (Å²) < 4.78 is 30.0. The zero-order valence-electron chi connectivity index (χ0n) is 12.9. The van der Waals surface area contributed by atoms with Crippen LogP contribution in [0, 0.1) is 12.3 Å². The van der Waals surface area contributed by atoms with Gasteiger partial charge in [0, 0.05) is 16.1 Å². The lowest BCUT2D eigenvalue weighted by atomic mass is 10.2. The summed E-state index contributed by atoms with van der Waals surface area (Å²) in [5.74, 6) is 3.74. The molecule has 126 valence electrons. The summed E-state index contributed by atoms with van der Waals surface area (Å²) in [5, 5.41) is 8.12. The molecule has 6 nitrogen and oxygen atoms in total. The van der Waals surface area contributed by atoms with Crippen molar-refractivity contribution >= 4 is 25.8 Å². The van der Waals surface area contributed by atoms with E-state index in [2.05, 4.69) is 32.0 Å². The molecule has 1 aliphatic rings. The third kappa shape index (κ3) is 4.04. The molecule has 1 saturated heterocycles. The summed E-state index contributed by atoms with van der Waals surface area (Å²) in [6.45, 7) is 0.681. The quantitative estimate of drug-likeness (QED) is 0.703. The molecule has 1 unspecified atom stereocenters. The Bertz CT molecular complexity index is 873. The Morgan fingerprint density at radius 3 is 2.92 bits per heavy atom. The van der Waals surface area contributed by atoms with E-state index in [1.807, 2.05) is 29.2 Å². The van der Waals surface area contributed by atoms with E-state index in [0.717, 1.165) is 10.0 Å². The zero-order chi connectivity index (χ0) is 17.2. The van der Waals surface area contributed by atoms with Gasteiger partial charge in [0.2, 0.25) is 11.8 Å². The fourth-order valence-electron chi connectivity index (χ4n) is 2.72. The van der Waals surface area contributed by atoms with Crippen molar-refractivity contribution in [2.24, 2.45) is 0 Å². The second kappa shape index (κ2) is 7.05. The highest BCUT2D eigenvalue weighted by Gasteiger charge is 2.32. The van der Waals surface area contributed by atoms with Crippen LogP contribution in [0.5, 0.6) is 0 Å². The first kappa shape index (κ1) is 17.1. The van der Waals surface area contributed by atoms with E-state index in [4.69, 9.17) is 10.8 Å². The van der Waals surface area contributed by atoms with Crippen molar-refractivity contribution in [3.05, 3.63) is 34.6 Å². The van der Waals surface area contributed by atoms with Crippen molar-refractivity contribution in [1.29, 1.82) is 0 Å². The van der Waals surface area contributed by atoms with Crippen LogP contribution < -0.4 is 0 Å². The molecule has 0 aliphatic carbocycles. The summed E-state index contributed by atoms with van der Waals surface area (Å²) in [6, 6.07) is 7.46. The number of aromatic nitrogens is 2. The van der Waals surface area contributed by atoms with Gasteiger partial charge in [-0.1, -0.05) is 27.9 Å². The molecular formula is C16H16BrN3O3S. The van der Waals surface area contributed by atoms with Crippen LogP contribution in [-0.2, 0) is 16.4 Å². The standard InChI is InChI=1S/C16H16BrN3O3S/c1-2-7-20(14-6-8-24(21,22)11-14)10-15-18-19-16(23-15)12-4-3-5-13(17)9-12/h1,3-5,9,14H,6-8,10-11H2. The van der Waals surface area contributed by atoms with E-state index in [9.17, 15) is 8.42 Å². The predicted molar refractivity (Wildman–Crippen MR) is 93.7 cm³/mol. The highest BCUT2D eigenvalue weighted by molar-refractivity contribution is 9.10. The lowest BCUT2D eigenvalue weighted by molar-refractivity contribution is 0.209. The monoisotopic (exact) mass is 409 g/mol. The van der Waals surface area contributed by atoms with E-state index >= 15 is 0 Å². The molecule has 0 N–H and O–H groups in total. The fraction of sp³-hybridized carbons (Fsp3) is 0.375. The number of halogens is 1. The minimum Gasteiger partial charge on any atom is -0.419 e. The van der Waals surface area contributed by atoms with Crippen LogP contribution in [0.2, 0.25) is 0 Å². The van der Waals surface area contributed by atoms with E-state index < -0.39 is 9.84 Å². The topological polar surface area (TPSA) is 76.3 Å². The number of sulfone groups is 1. The highest BCUT2D eigenvalue weighted by Crippen LogP contribution is 2.23. The van der Waals surface area contributed by atoms with Crippen molar-refractivity contribution in [3.8, 4) is 23.8 Å². The number of hydrogen-bond acceptors (Lipinski definition) is 6. The highest BCUT2D eigenvalue weighted by atomic mass is 79.9. The van der Waals surface area contributed by atoms with Crippen LogP contribution in [0.3, 0.4) is 0 Å². The summed E-state index contributed by atoms with van der Waals surface area (Å²) in [5.41, 5.74) is 0.815. The van der Waals surface area contributed by atoms with Gasteiger partial charge in [-0.25, -0.2) is 8.42 Å². The molecule has 0 amide bonds. The van der Waals surface area contributed by atoms with Gasteiger partial charge >= 0.3 is 0 Å². The van der Waals surface area contributed by atoms with Gasteiger partial charge in [0.05, 0.1) is 24.6 Å². The van der Waals surface area contributed by atoms with Gasteiger partial charge in [-0.3, -0.25) is 4.90 Å². The van der Waals surface area contributed by atoms with Crippen molar-refractivity contribution in [1.82, 2.24) is 15.1 Å². The van der Waals surface area contributed by atoms with Gasteiger partial charge in [-0.2, -0.15) is 0 Å². The van der Waals surface area contributed by atoms with Crippen molar-refractivity contribution in [2.45, 2.75) is 19.0 Å². The fourth-order valence-corrected chi connectivity index (χ4v) is 4.88. The molecule has 1 fully saturated rings. The van der Waals surface area contributed by atoms with Crippen molar-refractivity contribution in [2.75, 3.05) is 18.1 Å². The third-order valence-corrected chi connectivity index (χ3v) is 6.14. The second-order valence-electron chi connectivity index (χ2n) is 5.68. The summed E-state index contributed by atoms with van der Waals surface area (Å²) >= 11 is 3.41. The first-order valence-corrected chi connectivity index (χ1v) is 10.0. The van der Waals surface area contributed by atoms with Gasteiger partial charge in [0.15, 0.2) is 9.84 Å². The molecule has 1 aliphatic heterocycles. The Morgan fingerprint density at radius 1 is 1.42 bits per heavy atom.